The van der Waals surface area contributed by atoms with Crippen molar-refractivity contribution in [2.75, 3.05) is 4.72 Å². The molecule has 0 aromatic heterocycles. The number of carboxylic acids is 1. The number of non-ortho nitro benzene ring substituents is 1. The summed E-state index contributed by atoms with van der Waals surface area (Å²) >= 11 is 0. The summed E-state index contributed by atoms with van der Waals surface area (Å²) in [5.41, 5.74) is 0.0712. The highest BCUT2D eigenvalue weighted by molar-refractivity contribution is 7.92. The third-order valence-electron chi connectivity index (χ3n) is 3.41. The SMILES string of the molecule is Cc1ccc([N+](=O)[O-])cc1S(=O)(=O)Nc1c(C)cccc1C(=O)O. The van der Waals surface area contributed by atoms with Crippen LogP contribution < -0.4 is 4.72 Å². The van der Waals surface area contributed by atoms with Gasteiger partial charge in [-0.05, 0) is 31.0 Å². The Hall–Kier alpha value is -2.94. The van der Waals surface area contributed by atoms with Gasteiger partial charge in [0.1, 0.15) is 0 Å². The average molecular weight is 350 g/mol. The van der Waals surface area contributed by atoms with E-state index in [0.29, 0.717) is 11.1 Å². The van der Waals surface area contributed by atoms with Gasteiger partial charge in [0.25, 0.3) is 15.7 Å². The molecule has 126 valence electrons. The van der Waals surface area contributed by atoms with Gasteiger partial charge in [-0.2, -0.15) is 0 Å². The van der Waals surface area contributed by atoms with Crippen LogP contribution in [-0.4, -0.2) is 24.4 Å². The van der Waals surface area contributed by atoms with E-state index in [-0.39, 0.29) is 21.8 Å². The number of sulfonamides is 1. The van der Waals surface area contributed by atoms with Crippen LogP contribution in [0.5, 0.6) is 0 Å². The monoisotopic (exact) mass is 350 g/mol. The first-order valence-corrected chi connectivity index (χ1v) is 8.22. The minimum Gasteiger partial charge on any atom is -0.478 e. The van der Waals surface area contributed by atoms with Gasteiger partial charge in [0.2, 0.25) is 0 Å². The maximum absolute atomic E-state index is 12.6. The number of benzene rings is 2. The molecule has 0 aliphatic heterocycles. The molecule has 0 saturated carbocycles. The summed E-state index contributed by atoms with van der Waals surface area (Å²) < 4.78 is 27.4. The summed E-state index contributed by atoms with van der Waals surface area (Å²) in [4.78, 5) is 21.2. The fraction of sp³-hybridized carbons (Fsp3) is 0.133. The van der Waals surface area contributed by atoms with Crippen LogP contribution in [-0.2, 0) is 10.0 Å². The van der Waals surface area contributed by atoms with E-state index in [1.807, 2.05) is 0 Å². The zero-order chi connectivity index (χ0) is 18.1. The molecule has 0 radical (unpaired) electrons. The van der Waals surface area contributed by atoms with E-state index >= 15 is 0 Å². The highest BCUT2D eigenvalue weighted by Gasteiger charge is 2.23. The van der Waals surface area contributed by atoms with Crippen LogP contribution in [0.4, 0.5) is 11.4 Å². The zero-order valence-electron chi connectivity index (χ0n) is 12.8. The van der Waals surface area contributed by atoms with E-state index in [4.69, 9.17) is 0 Å². The maximum Gasteiger partial charge on any atom is 0.337 e. The molecular formula is C15H14N2O6S. The van der Waals surface area contributed by atoms with Crippen molar-refractivity contribution in [2.24, 2.45) is 0 Å². The number of para-hydroxylation sites is 1. The van der Waals surface area contributed by atoms with Crippen molar-refractivity contribution in [2.45, 2.75) is 18.7 Å². The lowest BCUT2D eigenvalue weighted by molar-refractivity contribution is -0.385. The van der Waals surface area contributed by atoms with Crippen molar-refractivity contribution in [3.8, 4) is 0 Å². The maximum atomic E-state index is 12.6. The number of carboxylic acid groups (broad SMARTS) is 1. The molecule has 2 aromatic carbocycles. The second-order valence-corrected chi connectivity index (χ2v) is 6.77. The van der Waals surface area contributed by atoms with Gasteiger partial charge in [0, 0.05) is 12.1 Å². The summed E-state index contributed by atoms with van der Waals surface area (Å²) in [6.45, 7) is 3.05. The number of rotatable bonds is 5. The van der Waals surface area contributed by atoms with Gasteiger partial charge in [0.15, 0.2) is 0 Å². The predicted molar refractivity (Wildman–Crippen MR) is 86.8 cm³/mol. The largest absolute Gasteiger partial charge is 0.478 e. The average Bonchev–Trinajstić information content (AvgIpc) is 2.48. The molecule has 0 fully saturated rings. The van der Waals surface area contributed by atoms with E-state index in [0.717, 1.165) is 6.07 Å². The highest BCUT2D eigenvalue weighted by atomic mass is 32.2. The van der Waals surface area contributed by atoms with Crippen molar-refractivity contribution >= 4 is 27.4 Å². The first-order chi connectivity index (χ1) is 11.1. The van der Waals surface area contributed by atoms with Gasteiger partial charge in [0.05, 0.1) is 21.1 Å². The van der Waals surface area contributed by atoms with E-state index in [1.54, 1.807) is 13.0 Å². The molecule has 0 heterocycles. The third kappa shape index (κ3) is 3.35. The number of hydrogen-bond donors (Lipinski definition) is 2. The molecule has 0 bridgehead atoms. The smallest absolute Gasteiger partial charge is 0.337 e. The van der Waals surface area contributed by atoms with Crippen LogP contribution in [0, 0.1) is 24.0 Å². The standard InChI is InChI=1S/C15H14N2O6S/c1-9-6-7-11(17(20)21)8-13(9)24(22,23)16-14-10(2)4-3-5-12(14)15(18)19/h3-8,16H,1-2H3,(H,18,19). The lowest BCUT2D eigenvalue weighted by Gasteiger charge is -2.14. The Balaban J connectivity index is 2.57. The summed E-state index contributed by atoms with van der Waals surface area (Å²) in [7, 11) is -4.20. The first kappa shape index (κ1) is 17.4. The zero-order valence-corrected chi connectivity index (χ0v) is 13.6. The van der Waals surface area contributed by atoms with Crippen molar-refractivity contribution in [3.05, 3.63) is 63.2 Å². The molecule has 0 saturated heterocycles. The van der Waals surface area contributed by atoms with Gasteiger partial charge in [-0.3, -0.25) is 14.8 Å². The predicted octanol–water partition coefficient (Wildman–Crippen LogP) is 2.71. The van der Waals surface area contributed by atoms with Crippen LogP contribution >= 0.6 is 0 Å². The molecule has 8 nitrogen and oxygen atoms in total. The number of nitro benzene ring substituents is 1. The third-order valence-corrected chi connectivity index (χ3v) is 4.90. The second kappa shape index (κ2) is 6.28. The number of nitro groups is 1. The van der Waals surface area contributed by atoms with Gasteiger partial charge >= 0.3 is 5.97 Å². The highest BCUT2D eigenvalue weighted by Crippen LogP contribution is 2.27. The molecular weight excluding hydrogens is 336 g/mol. The fourth-order valence-electron chi connectivity index (χ4n) is 2.16. The van der Waals surface area contributed by atoms with Gasteiger partial charge < -0.3 is 5.11 Å². The van der Waals surface area contributed by atoms with E-state index < -0.39 is 20.9 Å². The molecule has 2 rings (SSSR count). The molecule has 0 spiro atoms. The van der Waals surface area contributed by atoms with Gasteiger partial charge in [-0.25, -0.2) is 13.2 Å². The normalized spacial score (nSPS) is 11.1. The van der Waals surface area contributed by atoms with E-state index in [9.17, 15) is 28.4 Å². The van der Waals surface area contributed by atoms with Crippen molar-refractivity contribution in [1.29, 1.82) is 0 Å². The molecule has 0 aliphatic rings. The van der Waals surface area contributed by atoms with Crippen LogP contribution in [0.1, 0.15) is 21.5 Å². The Bertz CT molecular complexity index is 937. The lowest BCUT2D eigenvalue weighted by atomic mass is 10.1. The minimum atomic E-state index is -4.20. The Labute approximate surface area is 138 Å². The Morgan fingerprint density at radius 1 is 1.17 bits per heavy atom. The van der Waals surface area contributed by atoms with Gasteiger partial charge in [-0.15, -0.1) is 0 Å². The molecule has 0 unspecified atom stereocenters. The molecule has 0 aliphatic carbocycles. The molecule has 2 aromatic rings. The fourth-order valence-corrected chi connectivity index (χ4v) is 3.58. The lowest BCUT2D eigenvalue weighted by Crippen LogP contribution is -2.17. The number of nitrogens with one attached hydrogen (secondary N) is 1. The number of anilines is 1. The number of carbonyl (C=O) groups is 1. The molecule has 24 heavy (non-hydrogen) atoms. The number of nitrogens with zero attached hydrogens (tertiary/aromatic N) is 1. The Morgan fingerprint density at radius 2 is 1.83 bits per heavy atom. The Kier molecular flexibility index (Phi) is 4.56. The number of aromatic carboxylic acids is 1. The summed E-state index contributed by atoms with van der Waals surface area (Å²) in [5.74, 6) is -1.29. The topological polar surface area (TPSA) is 127 Å². The Morgan fingerprint density at radius 3 is 2.42 bits per heavy atom. The van der Waals surface area contributed by atoms with Crippen LogP contribution in [0.2, 0.25) is 0 Å². The van der Waals surface area contributed by atoms with Crippen LogP contribution in [0.25, 0.3) is 0 Å². The number of aryl methyl sites for hydroxylation is 2. The van der Waals surface area contributed by atoms with Crippen LogP contribution in [0.3, 0.4) is 0 Å². The van der Waals surface area contributed by atoms with Crippen molar-refractivity contribution < 1.29 is 23.2 Å². The summed E-state index contributed by atoms with van der Waals surface area (Å²) in [6.07, 6.45) is 0. The van der Waals surface area contributed by atoms with E-state index in [2.05, 4.69) is 4.72 Å². The second-order valence-electron chi connectivity index (χ2n) is 5.12. The molecule has 9 heteroatoms. The summed E-state index contributed by atoms with van der Waals surface area (Å²) in [5, 5.41) is 20.1. The molecule has 0 amide bonds. The molecule has 0 atom stereocenters. The molecule has 2 N–H and O–H groups in total. The van der Waals surface area contributed by atoms with Crippen molar-refractivity contribution in [3.63, 3.8) is 0 Å². The first-order valence-electron chi connectivity index (χ1n) is 6.74. The summed E-state index contributed by atoms with van der Waals surface area (Å²) in [6, 6.07) is 7.79. The van der Waals surface area contributed by atoms with Crippen molar-refractivity contribution in [1.82, 2.24) is 0 Å². The van der Waals surface area contributed by atoms with Gasteiger partial charge in [-0.1, -0.05) is 18.2 Å². The minimum absolute atomic E-state index is 0.0732. The van der Waals surface area contributed by atoms with E-state index in [1.165, 1.54) is 31.2 Å². The quantitative estimate of drug-likeness (QED) is 0.630. The number of hydrogen-bond acceptors (Lipinski definition) is 5. The van der Waals surface area contributed by atoms with Crippen LogP contribution in [0.15, 0.2) is 41.3 Å².